The molecular weight excluding hydrogens is 323 g/mol. The number of hydrogen-bond donors (Lipinski definition) is 0. The van der Waals surface area contributed by atoms with Gasteiger partial charge in [-0.25, -0.2) is 0 Å². The Morgan fingerprint density at radius 2 is 1.71 bits per heavy atom. The Hall–Kier alpha value is -0.981. The van der Waals surface area contributed by atoms with Gasteiger partial charge in [0.05, 0.1) is 0 Å². The van der Waals surface area contributed by atoms with Crippen molar-refractivity contribution in [1.82, 2.24) is 0 Å². The maximum absolute atomic E-state index is 10.4. The van der Waals surface area contributed by atoms with Crippen LogP contribution in [0.1, 0.15) is 0 Å². The van der Waals surface area contributed by atoms with Gasteiger partial charge in [0, 0.05) is 0 Å². The molecule has 0 aliphatic carbocycles. The first-order valence-corrected chi connectivity index (χ1v) is 3.98. The van der Waals surface area contributed by atoms with Gasteiger partial charge in [-0.1, -0.05) is 0 Å². The van der Waals surface area contributed by atoms with E-state index in [1.165, 1.54) is 12.1 Å². The van der Waals surface area contributed by atoms with Crippen molar-refractivity contribution in [2.24, 2.45) is 0 Å². The number of nitro benzene ring substituents is 2. The van der Waals surface area contributed by atoms with Crippen molar-refractivity contribution in [2.45, 2.75) is 0 Å². The van der Waals surface area contributed by atoms with Gasteiger partial charge in [0.25, 0.3) is 0 Å². The average molecular weight is 327 g/mol. The molecule has 0 bridgehead atoms. The van der Waals surface area contributed by atoms with E-state index in [-0.39, 0.29) is 32.8 Å². The molecule has 0 aliphatic rings. The van der Waals surface area contributed by atoms with Crippen molar-refractivity contribution in [1.29, 1.82) is 0 Å². The van der Waals surface area contributed by atoms with Crippen LogP contribution in [0, 0.1) is 20.2 Å². The third-order valence-electron chi connectivity index (χ3n) is 1.35. The monoisotopic (exact) mass is 327 g/mol. The zero-order chi connectivity index (χ0) is 10.0. The Balaban J connectivity index is 0.00000169. The van der Waals surface area contributed by atoms with E-state index in [4.69, 9.17) is 0 Å². The normalized spacial score (nSPS) is 8.86. The molecule has 1 aromatic carbocycles. The summed E-state index contributed by atoms with van der Waals surface area (Å²) in [4.78, 5) is 19.3. The van der Waals surface area contributed by atoms with Gasteiger partial charge in [0.15, 0.2) is 0 Å². The molecule has 0 atom stereocenters. The Labute approximate surface area is 97.2 Å². The van der Waals surface area contributed by atoms with E-state index in [0.29, 0.717) is 0 Å². The molecule has 0 spiro atoms. The molecule has 0 amide bonds. The average Bonchev–Trinajstić information content (AvgIpc) is 2.04. The van der Waals surface area contributed by atoms with Crippen LogP contribution >= 0.6 is 17.0 Å². The van der Waals surface area contributed by atoms with Crippen molar-refractivity contribution < 1.29 is 9.85 Å². The zero-order valence-corrected chi connectivity index (χ0v) is 10.0. The summed E-state index contributed by atoms with van der Waals surface area (Å²) >= 11 is 2.45. The summed E-state index contributed by atoms with van der Waals surface area (Å²) in [6.45, 7) is 0. The summed E-state index contributed by atoms with van der Waals surface area (Å²) in [6, 6.07) is 3.43. The minimum absolute atomic E-state index is 0. The Morgan fingerprint density at radius 3 is 2.14 bits per heavy atom. The van der Waals surface area contributed by atoms with Crippen molar-refractivity contribution in [3.05, 3.63) is 38.4 Å². The van der Waals surface area contributed by atoms with Gasteiger partial charge in [-0.05, 0) is 0 Å². The number of rotatable bonds is 2. The van der Waals surface area contributed by atoms with Crippen LogP contribution < -0.4 is 4.46 Å². The van der Waals surface area contributed by atoms with E-state index >= 15 is 0 Å². The molecule has 0 N–H and O–H groups in total. The van der Waals surface area contributed by atoms with Gasteiger partial charge in [-0.2, -0.15) is 0 Å². The zero-order valence-electron chi connectivity index (χ0n) is 6.58. The molecule has 0 saturated carbocycles. The van der Waals surface area contributed by atoms with E-state index < -0.39 is 9.85 Å². The van der Waals surface area contributed by atoms with Crippen molar-refractivity contribution in [3.8, 4) is 0 Å². The Bertz CT molecular complexity index is 384. The molecule has 1 rings (SSSR count). The van der Waals surface area contributed by atoms with Gasteiger partial charge < -0.3 is 0 Å². The SMILES string of the molecule is Br.O=[N+]([O-])c1ccc([Se])c([N+](=O)[O-])c1. The first-order chi connectivity index (χ1) is 6.02. The molecule has 0 unspecified atom stereocenters. The minimum atomic E-state index is -0.674. The number of nitro groups is 2. The second-order valence-corrected chi connectivity index (χ2v) is 3.09. The maximum atomic E-state index is 10.4. The molecule has 1 aromatic rings. The quantitative estimate of drug-likeness (QED) is 0.458. The van der Waals surface area contributed by atoms with Crippen LogP contribution in [0.4, 0.5) is 11.4 Å². The molecule has 0 aromatic heterocycles. The predicted molar refractivity (Wildman–Crippen MR) is 55.5 cm³/mol. The van der Waals surface area contributed by atoms with Gasteiger partial charge in [-0.3, -0.25) is 0 Å². The number of hydrogen-bond acceptors (Lipinski definition) is 4. The summed E-state index contributed by atoms with van der Waals surface area (Å²) in [6.07, 6.45) is 0. The van der Waals surface area contributed by atoms with Gasteiger partial charge in [0.2, 0.25) is 0 Å². The van der Waals surface area contributed by atoms with Crippen molar-refractivity contribution >= 4 is 48.8 Å². The third kappa shape index (κ3) is 2.76. The number of non-ortho nitro benzene ring substituents is 1. The van der Waals surface area contributed by atoms with E-state index in [1.54, 1.807) is 0 Å². The molecule has 0 aliphatic heterocycles. The van der Waals surface area contributed by atoms with Crippen LogP contribution in [0.3, 0.4) is 0 Å². The fourth-order valence-electron chi connectivity index (χ4n) is 0.762. The second-order valence-electron chi connectivity index (χ2n) is 2.17. The van der Waals surface area contributed by atoms with Crippen LogP contribution in [0.5, 0.6) is 0 Å². The number of benzene rings is 1. The van der Waals surface area contributed by atoms with Crippen molar-refractivity contribution in [2.75, 3.05) is 0 Å². The van der Waals surface area contributed by atoms with Gasteiger partial charge >= 0.3 is 80.1 Å². The van der Waals surface area contributed by atoms with Gasteiger partial charge in [0.1, 0.15) is 0 Å². The summed E-state index contributed by atoms with van der Waals surface area (Å²) in [5.74, 6) is 0. The Morgan fingerprint density at radius 1 is 1.14 bits per heavy atom. The fraction of sp³-hybridized carbons (Fsp3) is 0. The van der Waals surface area contributed by atoms with E-state index in [0.717, 1.165) is 6.07 Å². The standard InChI is InChI=1S/C6H3N2O4Se.BrH/c9-7(10)4-1-2-6(13)5(3-4)8(11)12;/h1-3H;1H. The topological polar surface area (TPSA) is 86.3 Å². The van der Waals surface area contributed by atoms with Gasteiger partial charge in [-0.15, -0.1) is 17.0 Å². The summed E-state index contributed by atoms with van der Waals surface area (Å²) in [5.41, 5.74) is -0.570. The van der Waals surface area contributed by atoms with Crippen molar-refractivity contribution in [3.63, 3.8) is 0 Å². The van der Waals surface area contributed by atoms with Crippen LogP contribution in [0.15, 0.2) is 18.2 Å². The van der Waals surface area contributed by atoms with Crippen LogP contribution in [-0.4, -0.2) is 25.9 Å². The first kappa shape index (κ1) is 13.0. The van der Waals surface area contributed by atoms with E-state index in [9.17, 15) is 20.2 Å². The molecular formula is C6H4BrN2O4Se. The third-order valence-corrected chi connectivity index (χ3v) is 2.07. The molecule has 0 fully saturated rings. The number of halogens is 1. The van der Waals surface area contributed by atoms with E-state index in [2.05, 4.69) is 16.0 Å². The fourth-order valence-corrected chi connectivity index (χ4v) is 1.18. The number of nitrogens with zero attached hydrogens (tertiary/aromatic N) is 2. The molecule has 0 heterocycles. The van der Waals surface area contributed by atoms with Crippen LogP contribution in [0.2, 0.25) is 0 Å². The predicted octanol–water partition coefficient (Wildman–Crippen LogP) is 0.875. The molecule has 8 heteroatoms. The molecule has 6 nitrogen and oxygen atoms in total. The second kappa shape index (κ2) is 5.04. The Kier molecular flexibility index (Phi) is 4.69. The van der Waals surface area contributed by atoms with E-state index in [1.807, 2.05) is 0 Å². The van der Waals surface area contributed by atoms with Crippen LogP contribution in [0.25, 0.3) is 0 Å². The summed E-state index contributed by atoms with van der Waals surface area (Å²) in [5, 5.41) is 20.6. The molecule has 1 radical (unpaired) electrons. The van der Waals surface area contributed by atoms with Crippen LogP contribution in [-0.2, 0) is 0 Å². The molecule has 14 heavy (non-hydrogen) atoms. The summed E-state index contributed by atoms with van der Waals surface area (Å²) < 4.78 is 0.288. The molecule has 75 valence electrons. The first-order valence-electron chi connectivity index (χ1n) is 3.12. The summed E-state index contributed by atoms with van der Waals surface area (Å²) in [7, 11) is 0. The molecule has 0 saturated heterocycles.